The maximum atomic E-state index is 4.97. The molecule has 3 aromatic heterocycles. The van der Waals surface area contributed by atoms with Crippen LogP contribution in [-0.4, -0.2) is 15.0 Å². The van der Waals surface area contributed by atoms with E-state index in [0.29, 0.717) is 0 Å². The Balaban J connectivity index is 1.46. The van der Waals surface area contributed by atoms with E-state index in [2.05, 4.69) is 59.6 Å². The van der Waals surface area contributed by atoms with Gasteiger partial charge in [-0.05, 0) is 44.5 Å². The van der Waals surface area contributed by atoms with Gasteiger partial charge in [0, 0.05) is 23.5 Å². The van der Waals surface area contributed by atoms with Crippen LogP contribution in [-0.2, 0) is 0 Å². The van der Waals surface area contributed by atoms with Crippen LogP contribution < -0.4 is 0 Å². The molecular weight excluding hydrogens is 406 g/mol. The molecule has 0 saturated carbocycles. The summed E-state index contributed by atoms with van der Waals surface area (Å²) in [6.45, 7) is 0. The zero-order valence-corrected chi connectivity index (χ0v) is 17.3. The van der Waals surface area contributed by atoms with Crippen molar-refractivity contribution in [2.24, 2.45) is 0 Å². The van der Waals surface area contributed by atoms with Crippen molar-refractivity contribution in [3.05, 3.63) is 79.1 Å². The van der Waals surface area contributed by atoms with Gasteiger partial charge in [0.15, 0.2) is 9.66 Å². The molecule has 0 amide bonds. The van der Waals surface area contributed by atoms with Crippen LogP contribution in [0.25, 0.3) is 63.1 Å². The van der Waals surface area contributed by atoms with Crippen LogP contribution in [0.1, 0.15) is 0 Å². The average Bonchev–Trinajstić information content (AvgIpc) is 3.37. The Morgan fingerprint density at radius 3 is 2.00 bits per heavy atom. The average molecular weight is 420 g/mol. The van der Waals surface area contributed by atoms with Crippen LogP contribution in [0.4, 0.5) is 0 Å². The fraction of sp³-hybridized carbons (Fsp3) is 0. The molecule has 30 heavy (non-hydrogen) atoms. The lowest BCUT2D eigenvalue weighted by atomic mass is 9.92. The normalized spacial score (nSPS) is 12.0. The van der Waals surface area contributed by atoms with Crippen LogP contribution in [0.2, 0.25) is 0 Å². The second-order valence-corrected chi connectivity index (χ2v) is 9.31. The van der Waals surface area contributed by atoms with Crippen molar-refractivity contribution in [1.29, 1.82) is 0 Å². The molecule has 0 bridgehead atoms. The highest BCUT2D eigenvalue weighted by atomic mass is 32.1. The third kappa shape index (κ3) is 2.27. The van der Waals surface area contributed by atoms with Gasteiger partial charge in [-0.2, -0.15) is 0 Å². The molecular formula is C25H13N3S2. The van der Waals surface area contributed by atoms with Gasteiger partial charge in [0.25, 0.3) is 0 Å². The van der Waals surface area contributed by atoms with Crippen LogP contribution in [0.15, 0.2) is 79.1 Å². The second-order valence-electron chi connectivity index (χ2n) is 7.35. The summed E-state index contributed by atoms with van der Waals surface area (Å²) < 4.78 is 0. The number of nitrogens with zero attached hydrogens (tertiary/aromatic N) is 3. The summed E-state index contributed by atoms with van der Waals surface area (Å²) in [6, 6.07) is 23.8. The third-order valence-corrected chi connectivity index (χ3v) is 7.77. The van der Waals surface area contributed by atoms with Crippen LogP contribution in [0.5, 0.6) is 0 Å². The van der Waals surface area contributed by atoms with E-state index < -0.39 is 0 Å². The quantitative estimate of drug-likeness (QED) is 0.274. The number of aromatic nitrogens is 3. The second kappa shape index (κ2) is 6.05. The van der Waals surface area contributed by atoms with Crippen LogP contribution >= 0.6 is 22.7 Å². The first-order valence-electron chi connectivity index (χ1n) is 9.70. The molecule has 4 aromatic carbocycles. The fourth-order valence-electron chi connectivity index (χ4n) is 4.30. The first-order valence-corrected chi connectivity index (χ1v) is 11.3. The highest BCUT2D eigenvalue weighted by Crippen LogP contribution is 2.42. The topological polar surface area (TPSA) is 38.7 Å². The van der Waals surface area contributed by atoms with Crippen molar-refractivity contribution in [1.82, 2.24) is 15.0 Å². The fourth-order valence-corrected chi connectivity index (χ4v) is 6.38. The highest BCUT2D eigenvalue weighted by molar-refractivity contribution is 7.29. The standard InChI is InChI=1S/C25H13N3S2/c1-2-14-4-5-16-7-9-19(18-8-6-15(3-1)20(14)21(16)18)23-28-25-24(30-23)27-22(29-25)17-10-12-26-13-11-17/h1-13H. The Bertz CT molecular complexity index is 1650. The number of hydrogen-bond donors (Lipinski definition) is 0. The highest BCUT2D eigenvalue weighted by Gasteiger charge is 2.17. The largest absolute Gasteiger partial charge is 0.265 e. The maximum absolute atomic E-state index is 4.97. The number of benzene rings is 4. The van der Waals surface area contributed by atoms with Gasteiger partial charge in [-0.1, -0.05) is 77.3 Å². The Hall–Kier alpha value is -3.41. The molecule has 0 saturated heterocycles. The molecule has 0 aliphatic carbocycles. The number of pyridine rings is 1. The minimum absolute atomic E-state index is 0.993. The molecule has 0 N–H and O–H groups in total. The lowest BCUT2D eigenvalue weighted by Crippen LogP contribution is -1.86. The molecule has 7 rings (SSSR count). The number of rotatable bonds is 2. The van der Waals surface area contributed by atoms with E-state index in [0.717, 1.165) is 25.2 Å². The SMILES string of the molecule is c1cc2ccc3ccc(-c4nc5sc(-c6ccncc6)nc5s4)c4ccc(c1)c2c34. The predicted octanol–water partition coefficient (Wildman–Crippen LogP) is 7.38. The van der Waals surface area contributed by atoms with Crippen molar-refractivity contribution >= 4 is 64.7 Å². The van der Waals surface area contributed by atoms with Crippen molar-refractivity contribution in [3.8, 4) is 21.1 Å². The molecule has 3 heterocycles. The Labute approximate surface area is 179 Å². The molecule has 5 heteroatoms. The van der Waals surface area contributed by atoms with E-state index in [4.69, 9.17) is 9.97 Å². The van der Waals surface area contributed by atoms with Crippen molar-refractivity contribution in [3.63, 3.8) is 0 Å². The number of thiazole rings is 2. The van der Waals surface area contributed by atoms with Crippen molar-refractivity contribution in [2.45, 2.75) is 0 Å². The van der Waals surface area contributed by atoms with Crippen molar-refractivity contribution < 1.29 is 0 Å². The first kappa shape index (κ1) is 16.4. The molecule has 140 valence electrons. The van der Waals surface area contributed by atoms with Crippen LogP contribution in [0.3, 0.4) is 0 Å². The van der Waals surface area contributed by atoms with E-state index in [9.17, 15) is 0 Å². The van der Waals surface area contributed by atoms with E-state index in [-0.39, 0.29) is 0 Å². The van der Waals surface area contributed by atoms with Crippen LogP contribution in [0, 0.1) is 0 Å². The summed E-state index contributed by atoms with van der Waals surface area (Å²) >= 11 is 3.31. The smallest absolute Gasteiger partial charge is 0.155 e. The molecule has 0 unspecified atom stereocenters. The molecule has 0 atom stereocenters. The van der Waals surface area contributed by atoms with Crippen molar-refractivity contribution in [2.75, 3.05) is 0 Å². The van der Waals surface area contributed by atoms with Gasteiger partial charge < -0.3 is 0 Å². The summed E-state index contributed by atoms with van der Waals surface area (Å²) in [6.07, 6.45) is 3.60. The Morgan fingerprint density at radius 2 is 1.20 bits per heavy atom. The minimum atomic E-state index is 0.993. The summed E-state index contributed by atoms with van der Waals surface area (Å²) in [5, 5.41) is 9.79. The molecule has 0 radical (unpaired) electrons. The molecule has 0 aliphatic heterocycles. The zero-order valence-electron chi connectivity index (χ0n) is 15.7. The third-order valence-electron chi connectivity index (χ3n) is 5.66. The monoisotopic (exact) mass is 419 g/mol. The van der Waals surface area contributed by atoms with Gasteiger partial charge >= 0.3 is 0 Å². The zero-order chi connectivity index (χ0) is 19.7. The van der Waals surface area contributed by atoms with E-state index in [1.807, 2.05) is 12.1 Å². The molecule has 3 nitrogen and oxygen atoms in total. The lowest BCUT2D eigenvalue weighted by Gasteiger charge is -2.12. The summed E-state index contributed by atoms with van der Waals surface area (Å²) in [4.78, 5) is 15.9. The molecule has 7 aromatic rings. The molecule has 0 aliphatic rings. The predicted molar refractivity (Wildman–Crippen MR) is 128 cm³/mol. The summed E-state index contributed by atoms with van der Waals surface area (Å²) in [7, 11) is 0. The molecule has 0 fully saturated rings. The first-order chi connectivity index (χ1) is 14.8. The summed E-state index contributed by atoms with van der Waals surface area (Å²) in [5.41, 5.74) is 2.27. The summed E-state index contributed by atoms with van der Waals surface area (Å²) in [5.74, 6) is 0. The Morgan fingerprint density at radius 1 is 0.567 bits per heavy atom. The van der Waals surface area contributed by atoms with Gasteiger partial charge in [-0.3, -0.25) is 4.98 Å². The Kier molecular flexibility index (Phi) is 3.30. The maximum Gasteiger partial charge on any atom is 0.155 e. The number of fused-ring (bicyclic) bond motifs is 1. The molecule has 0 spiro atoms. The van der Waals surface area contributed by atoms with Gasteiger partial charge in [-0.25, -0.2) is 9.97 Å². The van der Waals surface area contributed by atoms with Gasteiger partial charge in [0.05, 0.1) is 0 Å². The van der Waals surface area contributed by atoms with E-state index in [1.54, 1.807) is 35.1 Å². The van der Waals surface area contributed by atoms with Gasteiger partial charge in [-0.15, -0.1) is 0 Å². The lowest BCUT2D eigenvalue weighted by molar-refractivity contribution is 1.32. The minimum Gasteiger partial charge on any atom is -0.265 e. The van der Waals surface area contributed by atoms with Gasteiger partial charge in [0.1, 0.15) is 10.0 Å². The van der Waals surface area contributed by atoms with E-state index in [1.165, 1.54) is 37.9 Å². The number of hydrogen-bond acceptors (Lipinski definition) is 5. The van der Waals surface area contributed by atoms with E-state index >= 15 is 0 Å². The van der Waals surface area contributed by atoms with Gasteiger partial charge in [0.2, 0.25) is 0 Å².